The van der Waals surface area contributed by atoms with E-state index in [4.69, 9.17) is 0 Å². The molecule has 0 radical (unpaired) electrons. The van der Waals surface area contributed by atoms with Crippen LogP contribution < -0.4 is 5.32 Å². The second-order valence-corrected chi connectivity index (χ2v) is 6.47. The van der Waals surface area contributed by atoms with Gasteiger partial charge in [-0.2, -0.15) is 4.39 Å². The van der Waals surface area contributed by atoms with Gasteiger partial charge in [-0.1, -0.05) is 44.9 Å². The van der Waals surface area contributed by atoms with Crippen molar-refractivity contribution in [2.24, 2.45) is 11.8 Å². The summed E-state index contributed by atoms with van der Waals surface area (Å²) in [5.74, 6) is 1.30. The molecule has 2 aliphatic carbocycles. The first-order valence-corrected chi connectivity index (χ1v) is 8.21. The smallest absolute Gasteiger partial charge is 0.212 e. The number of pyridine rings is 1. The summed E-state index contributed by atoms with van der Waals surface area (Å²) >= 11 is 0. The van der Waals surface area contributed by atoms with Crippen molar-refractivity contribution in [2.45, 2.75) is 63.8 Å². The van der Waals surface area contributed by atoms with Crippen molar-refractivity contribution in [3.05, 3.63) is 24.3 Å². The minimum Gasteiger partial charge on any atom is -0.381 e. The summed E-state index contributed by atoms with van der Waals surface area (Å²) in [6.07, 6.45) is 14.0. The number of nitrogens with one attached hydrogen (secondary N) is 1. The molecule has 2 saturated carbocycles. The maximum absolute atomic E-state index is 12.9. The summed E-state index contributed by atoms with van der Waals surface area (Å²) in [7, 11) is 0. The SMILES string of the molecule is Fc1ccc(NC2CCCCC2C2CCCCC2)cn1. The van der Waals surface area contributed by atoms with Crippen molar-refractivity contribution in [1.29, 1.82) is 0 Å². The molecule has 2 nitrogen and oxygen atoms in total. The van der Waals surface area contributed by atoms with Crippen molar-refractivity contribution >= 4 is 5.69 Å². The Morgan fingerprint density at radius 2 is 1.70 bits per heavy atom. The number of hydrogen-bond donors (Lipinski definition) is 1. The van der Waals surface area contributed by atoms with Crippen LogP contribution in [0.2, 0.25) is 0 Å². The summed E-state index contributed by atoms with van der Waals surface area (Å²) < 4.78 is 12.9. The lowest BCUT2D eigenvalue weighted by molar-refractivity contribution is 0.180. The fourth-order valence-corrected chi connectivity index (χ4v) is 4.14. The summed E-state index contributed by atoms with van der Waals surface area (Å²) in [6, 6.07) is 3.81. The number of hydrogen-bond acceptors (Lipinski definition) is 2. The molecule has 0 spiro atoms. The highest BCUT2D eigenvalue weighted by Gasteiger charge is 2.32. The molecule has 1 N–H and O–H groups in total. The highest BCUT2D eigenvalue weighted by Crippen LogP contribution is 2.39. The number of anilines is 1. The van der Waals surface area contributed by atoms with Gasteiger partial charge in [0, 0.05) is 6.04 Å². The number of rotatable bonds is 3. The van der Waals surface area contributed by atoms with Crippen molar-refractivity contribution in [2.75, 3.05) is 5.32 Å². The van der Waals surface area contributed by atoms with E-state index in [1.54, 1.807) is 6.20 Å². The van der Waals surface area contributed by atoms with Gasteiger partial charge in [-0.3, -0.25) is 0 Å². The van der Waals surface area contributed by atoms with Gasteiger partial charge in [-0.25, -0.2) is 4.98 Å². The van der Waals surface area contributed by atoms with Gasteiger partial charge >= 0.3 is 0 Å². The Labute approximate surface area is 121 Å². The third-order valence-electron chi connectivity index (χ3n) is 5.15. The van der Waals surface area contributed by atoms with Crippen LogP contribution in [0.25, 0.3) is 0 Å². The van der Waals surface area contributed by atoms with E-state index in [1.165, 1.54) is 63.9 Å². The molecule has 0 aliphatic heterocycles. The lowest BCUT2D eigenvalue weighted by Crippen LogP contribution is -2.37. The van der Waals surface area contributed by atoms with Crippen molar-refractivity contribution < 1.29 is 4.39 Å². The summed E-state index contributed by atoms with van der Waals surface area (Å²) in [4.78, 5) is 3.75. The van der Waals surface area contributed by atoms with E-state index >= 15 is 0 Å². The van der Waals surface area contributed by atoms with Crippen LogP contribution >= 0.6 is 0 Å². The van der Waals surface area contributed by atoms with Crippen LogP contribution in [0.1, 0.15) is 57.8 Å². The Hall–Kier alpha value is -1.12. The van der Waals surface area contributed by atoms with Crippen LogP contribution in [0.4, 0.5) is 10.1 Å². The molecule has 3 heteroatoms. The standard InChI is InChI=1S/C17H25FN2/c18-17-11-10-14(12-19-17)20-16-9-5-4-8-15(16)13-6-2-1-3-7-13/h10-13,15-16,20H,1-9H2. The Morgan fingerprint density at radius 3 is 2.45 bits per heavy atom. The number of nitrogens with zero attached hydrogens (tertiary/aromatic N) is 1. The number of halogens is 1. The predicted molar refractivity (Wildman–Crippen MR) is 80.1 cm³/mol. The highest BCUT2D eigenvalue weighted by atomic mass is 19.1. The fraction of sp³-hybridized carbons (Fsp3) is 0.706. The van der Waals surface area contributed by atoms with Crippen LogP contribution in [0, 0.1) is 17.8 Å². The third-order valence-corrected chi connectivity index (χ3v) is 5.15. The molecule has 2 fully saturated rings. The molecule has 2 aliphatic rings. The zero-order valence-electron chi connectivity index (χ0n) is 12.2. The van der Waals surface area contributed by atoms with Gasteiger partial charge in [0.15, 0.2) is 0 Å². The lowest BCUT2D eigenvalue weighted by Gasteiger charge is -2.39. The fourth-order valence-electron chi connectivity index (χ4n) is 4.14. The van der Waals surface area contributed by atoms with Crippen LogP contribution in [0.5, 0.6) is 0 Å². The van der Waals surface area contributed by atoms with E-state index in [2.05, 4.69) is 10.3 Å². The molecule has 2 unspecified atom stereocenters. The zero-order valence-corrected chi connectivity index (χ0v) is 12.2. The molecule has 1 aromatic heterocycles. The monoisotopic (exact) mass is 276 g/mol. The molecule has 110 valence electrons. The molecule has 0 amide bonds. The zero-order chi connectivity index (χ0) is 13.8. The van der Waals surface area contributed by atoms with Crippen molar-refractivity contribution in [3.63, 3.8) is 0 Å². The van der Waals surface area contributed by atoms with Gasteiger partial charge in [0.2, 0.25) is 5.95 Å². The minimum atomic E-state index is -0.400. The molecule has 0 bridgehead atoms. The van der Waals surface area contributed by atoms with Gasteiger partial charge in [0.1, 0.15) is 0 Å². The number of aromatic nitrogens is 1. The molecule has 2 atom stereocenters. The normalized spacial score (nSPS) is 28.2. The molecule has 1 aromatic rings. The Kier molecular flexibility index (Phi) is 4.54. The largest absolute Gasteiger partial charge is 0.381 e. The first-order chi connectivity index (χ1) is 9.83. The second kappa shape index (κ2) is 6.55. The van der Waals surface area contributed by atoms with Crippen LogP contribution in [0.3, 0.4) is 0 Å². The minimum absolute atomic E-state index is 0.400. The lowest BCUT2D eigenvalue weighted by atomic mass is 9.71. The molecule has 3 rings (SSSR count). The summed E-state index contributed by atoms with van der Waals surface area (Å²) in [5.41, 5.74) is 0.971. The Bertz CT molecular complexity index is 412. The topological polar surface area (TPSA) is 24.9 Å². The molecule has 0 aromatic carbocycles. The van der Waals surface area contributed by atoms with Gasteiger partial charge < -0.3 is 5.32 Å². The maximum atomic E-state index is 12.9. The summed E-state index contributed by atoms with van der Waals surface area (Å²) in [5, 5.41) is 3.63. The van der Waals surface area contributed by atoms with Crippen LogP contribution in [0.15, 0.2) is 18.3 Å². The van der Waals surface area contributed by atoms with E-state index in [-0.39, 0.29) is 0 Å². The van der Waals surface area contributed by atoms with Crippen LogP contribution in [-0.4, -0.2) is 11.0 Å². The van der Waals surface area contributed by atoms with Gasteiger partial charge in [-0.15, -0.1) is 0 Å². The van der Waals surface area contributed by atoms with Crippen molar-refractivity contribution in [1.82, 2.24) is 4.98 Å². The molecular formula is C17H25FN2. The maximum Gasteiger partial charge on any atom is 0.212 e. The molecular weight excluding hydrogens is 251 g/mol. The van der Waals surface area contributed by atoms with Gasteiger partial charge in [-0.05, 0) is 36.8 Å². The van der Waals surface area contributed by atoms with Gasteiger partial charge in [0.25, 0.3) is 0 Å². The first-order valence-electron chi connectivity index (χ1n) is 8.21. The molecule has 20 heavy (non-hydrogen) atoms. The van der Waals surface area contributed by atoms with E-state index in [1.807, 2.05) is 6.07 Å². The van der Waals surface area contributed by atoms with Gasteiger partial charge in [0.05, 0.1) is 11.9 Å². The third kappa shape index (κ3) is 3.31. The predicted octanol–water partition coefficient (Wildman–Crippen LogP) is 4.77. The Balaban J connectivity index is 1.66. The molecule has 1 heterocycles. The van der Waals surface area contributed by atoms with E-state index in [0.29, 0.717) is 6.04 Å². The highest BCUT2D eigenvalue weighted by molar-refractivity contribution is 5.41. The van der Waals surface area contributed by atoms with Crippen LogP contribution in [-0.2, 0) is 0 Å². The van der Waals surface area contributed by atoms with E-state index < -0.39 is 5.95 Å². The van der Waals surface area contributed by atoms with E-state index in [9.17, 15) is 4.39 Å². The summed E-state index contributed by atoms with van der Waals surface area (Å²) in [6.45, 7) is 0. The quantitative estimate of drug-likeness (QED) is 0.804. The average Bonchev–Trinajstić information content (AvgIpc) is 2.51. The van der Waals surface area contributed by atoms with E-state index in [0.717, 1.165) is 17.5 Å². The first kappa shape index (κ1) is 13.8. The second-order valence-electron chi connectivity index (χ2n) is 6.47. The Morgan fingerprint density at radius 1 is 0.950 bits per heavy atom. The molecule has 0 saturated heterocycles. The van der Waals surface area contributed by atoms with Crippen molar-refractivity contribution in [3.8, 4) is 0 Å². The average molecular weight is 276 g/mol.